The van der Waals surface area contributed by atoms with Gasteiger partial charge in [0.15, 0.2) is 0 Å². The zero-order valence-electron chi connectivity index (χ0n) is 13.1. The van der Waals surface area contributed by atoms with Crippen LogP contribution in [0.2, 0.25) is 0 Å². The molecule has 112 valence electrons. The van der Waals surface area contributed by atoms with Crippen LogP contribution in [0.5, 0.6) is 0 Å². The number of nitrogens with two attached hydrogens (primary N) is 1. The van der Waals surface area contributed by atoms with Crippen molar-refractivity contribution in [2.24, 2.45) is 5.92 Å². The van der Waals surface area contributed by atoms with E-state index in [2.05, 4.69) is 25.7 Å². The van der Waals surface area contributed by atoms with Crippen molar-refractivity contribution < 1.29 is 9.53 Å². The summed E-state index contributed by atoms with van der Waals surface area (Å²) in [5, 5.41) is 0. The molecule has 0 amide bonds. The minimum atomic E-state index is -0.364. The minimum Gasteiger partial charge on any atom is -0.462 e. The van der Waals surface area contributed by atoms with Crippen LogP contribution in [0.15, 0.2) is 18.2 Å². The van der Waals surface area contributed by atoms with E-state index >= 15 is 0 Å². The van der Waals surface area contributed by atoms with Gasteiger partial charge in [0.25, 0.3) is 0 Å². The van der Waals surface area contributed by atoms with Crippen LogP contribution >= 0.6 is 0 Å². The Morgan fingerprint density at radius 3 is 2.55 bits per heavy atom. The van der Waals surface area contributed by atoms with Crippen LogP contribution in [0.1, 0.15) is 44.5 Å². The molecular weight excluding hydrogens is 252 g/mol. The van der Waals surface area contributed by atoms with E-state index in [0.29, 0.717) is 29.8 Å². The number of hydrogen-bond donors (Lipinski definition) is 1. The summed E-state index contributed by atoms with van der Waals surface area (Å²) in [6, 6.07) is 5.85. The van der Waals surface area contributed by atoms with Crippen molar-refractivity contribution in [2.45, 2.75) is 40.2 Å². The van der Waals surface area contributed by atoms with Crippen molar-refractivity contribution in [3.05, 3.63) is 23.8 Å². The summed E-state index contributed by atoms with van der Waals surface area (Å²) in [6.07, 6.45) is 1.07. The van der Waals surface area contributed by atoms with E-state index in [4.69, 9.17) is 10.5 Å². The van der Waals surface area contributed by atoms with E-state index in [-0.39, 0.29) is 5.97 Å². The molecule has 1 atom stereocenters. The highest BCUT2D eigenvalue weighted by molar-refractivity contribution is 5.98. The summed E-state index contributed by atoms with van der Waals surface area (Å²) in [4.78, 5) is 14.0. The fraction of sp³-hybridized carbons (Fsp3) is 0.562. The molecule has 0 bridgehead atoms. The number of para-hydroxylation sites is 1. The number of hydrogen-bond acceptors (Lipinski definition) is 4. The topological polar surface area (TPSA) is 55.6 Å². The molecule has 0 fully saturated rings. The number of carbonyl (C=O) groups is 1. The monoisotopic (exact) mass is 278 g/mol. The number of esters is 1. The Kier molecular flexibility index (Phi) is 5.86. The molecule has 1 unspecified atom stereocenters. The second-order valence-corrected chi connectivity index (χ2v) is 5.55. The number of rotatable bonds is 6. The largest absolute Gasteiger partial charge is 0.462 e. The van der Waals surface area contributed by atoms with E-state index in [0.717, 1.165) is 12.1 Å². The first-order valence-electron chi connectivity index (χ1n) is 7.16. The van der Waals surface area contributed by atoms with Gasteiger partial charge in [-0.2, -0.15) is 0 Å². The summed E-state index contributed by atoms with van der Waals surface area (Å²) in [6.45, 7) is 8.69. The molecule has 0 heterocycles. The summed E-state index contributed by atoms with van der Waals surface area (Å²) in [5.41, 5.74) is 7.95. The van der Waals surface area contributed by atoms with Crippen LogP contribution in [0, 0.1) is 5.92 Å². The van der Waals surface area contributed by atoms with Crippen molar-refractivity contribution >= 4 is 17.3 Å². The van der Waals surface area contributed by atoms with Gasteiger partial charge in [-0.3, -0.25) is 0 Å². The summed E-state index contributed by atoms with van der Waals surface area (Å²) < 4.78 is 5.03. The summed E-state index contributed by atoms with van der Waals surface area (Å²) in [5.74, 6) is 0.249. The molecule has 4 nitrogen and oxygen atoms in total. The van der Waals surface area contributed by atoms with E-state index in [9.17, 15) is 4.79 Å². The molecule has 0 aliphatic rings. The summed E-state index contributed by atoms with van der Waals surface area (Å²) in [7, 11) is 2.01. The molecule has 1 aromatic carbocycles. The van der Waals surface area contributed by atoms with Crippen molar-refractivity contribution in [1.29, 1.82) is 0 Å². The number of carbonyl (C=O) groups excluding carboxylic acids is 1. The standard InChI is InChI=1S/C16H26N2O2/c1-6-20-16(19)13-8-7-9-14(15(13)17)18(5)12(4)10-11(2)3/h7-9,11-12H,6,10,17H2,1-5H3. The molecular formula is C16H26N2O2. The minimum absolute atomic E-state index is 0.349. The zero-order chi connectivity index (χ0) is 15.3. The van der Waals surface area contributed by atoms with Crippen molar-refractivity contribution in [2.75, 3.05) is 24.3 Å². The first-order valence-corrected chi connectivity index (χ1v) is 7.16. The van der Waals surface area contributed by atoms with Crippen molar-refractivity contribution in [3.63, 3.8) is 0 Å². The molecule has 1 rings (SSSR count). The van der Waals surface area contributed by atoms with Gasteiger partial charge in [0.2, 0.25) is 0 Å². The van der Waals surface area contributed by atoms with Gasteiger partial charge >= 0.3 is 5.97 Å². The molecule has 0 spiro atoms. The van der Waals surface area contributed by atoms with Crippen LogP contribution in [-0.2, 0) is 4.74 Å². The first kappa shape index (κ1) is 16.3. The predicted molar refractivity (Wildman–Crippen MR) is 84.1 cm³/mol. The lowest BCUT2D eigenvalue weighted by Gasteiger charge is -2.29. The normalized spacial score (nSPS) is 12.3. The average Bonchev–Trinajstić information content (AvgIpc) is 2.37. The van der Waals surface area contributed by atoms with Gasteiger partial charge in [0.05, 0.1) is 23.5 Å². The van der Waals surface area contributed by atoms with Crippen LogP contribution in [0.25, 0.3) is 0 Å². The summed E-state index contributed by atoms with van der Waals surface area (Å²) >= 11 is 0. The Hall–Kier alpha value is -1.71. The molecule has 0 aliphatic carbocycles. The zero-order valence-corrected chi connectivity index (χ0v) is 13.1. The van der Waals surface area contributed by atoms with Gasteiger partial charge in [-0.25, -0.2) is 4.79 Å². The van der Waals surface area contributed by atoms with Gasteiger partial charge in [-0.05, 0) is 38.3 Å². The molecule has 2 N–H and O–H groups in total. The predicted octanol–water partition coefficient (Wildman–Crippen LogP) is 3.32. The molecule has 0 aliphatic heterocycles. The van der Waals surface area contributed by atoms with E-state index in [1.807, 2.05) is 19.2 Å². The third-order valence-corrected chi connectivity index (χ3v) is 3.43. The Morgan fingerprint density at radius 2 is 2.00 bits per heavy atom. The van der Waals surface area contributed by atoms with Gasteiger partial charge in [0.1, 0.15) is 0 Å². The lowest BCUT2D eigenvalue weighted by molar-refractivity contribution is 0.0527. The van der Waals surface area contributed by atoms with Crippen LogP contribution in [-0.4, -0.2) is 25.7 Å². The van der Waals surface area contributed by atoms with Crippen molar-refractivity contribution in [1.82, 2.24) is 0 Å². The lowest BCUT2D eigenvalue weighted by Crippen LogP contribution is -2.31. The fourth-order valence-corrected chi connectivity index (χ4v) is 2.33. The number of anilines is 2. The van der Waals surface area contributed by atoms with E-state index in [1.165, 1.54) is 0 Å². The highest BCUT2D eigenvalue weighted by Crippen LogP contribution is 2.29. The molecule has 1 aromatic rings. The molecule has 4 heteroatoms. The highest BCUT2D eigenvalue weighted by Gasteiger charge is 2.18. The molecule has 0 aromatic heterocycles. The van der Waals surface area contributed by atoms with E-state index in [1.54, 1.807) is 13.0 Å². The van der Waals surface area contributed by atoms with Gasteiger partial charge in [0, 0.05) is 13.1 Å². The third kappa shape index (κ3) is 3.89. The quantitative estimate of drug-likeness (QED) is 0.640. The lowest BCUT2D eigenvalue weighted by atomic mass is 10.0. The maximum Gasteiger partial charge on any atom is 0.340 e. The number of nitrogens with zero attached hydrogens (tertiary/aromatic N) is 1. The Bertz CT molecular complexity index is 458. The molecule has 0 saturated carbocycles. The molecule has 0 radical (unpaired) electrons. The van der Waals surface area contributed by atoms with Gasteiger partial charge in [-0.1, -0.05) is 19.9 Å². The van der Waals surface area contributed by atoms with Gasteiger partial charge in [-0.15, -0.1) is 0 Å². The number of ether oxygens (including phenoxy) is 1. The highest BCUT2D eigenvalue weighted by atomic mass is 16.5. The van der Waals surface area contributed by atoms with Crippen LogP contribution in [0.3, 0.4) is 0 Å². The van der Waals surface area contributed by atoms with Gasteiger partial charge < -0.3 is 15.4 Å². The maximum absolute atomic E-state index is 11.9. The smallest absolute Gasteiger partial charge is 0.340 e. The second kappa shape index (κ2) is 7.17. The Morgan fingerprint density at radius 1 is 1.35 bits per heavy atom. The van der Waals surface area contributed by atoms with Crippen molar-refractivity contribution in [3.8, 4) is 0 Å². The number of benzene rings is 1. The molecule has 0 saturated heterocycles. The van der Waals surface area contributed by atoms with E-state index < -0.39 is 0 Å². The number of nitrogen functional groups attached to an aromatic ring is 1. The fourth-order valence-electron chi connectivity index (χ4n) is 2.33. The second-order valence-electron chi connectivity index (χ2n) is 5.55. The third-order valence-electron chi connectivity index (χ3n) is 3.43. The SMILES string of the molecule is CCOC(=O)c1cccc(N(C)C(C)CC(C)C)c1N. The molecule has 20 heavy (non-hydrogen) atoms. The Balaban J connectivity index is 3.01. The van der Waals surface area contributed by atoms with Crippen LogP contribution < -0.4 is 10.6 Å². The average molecular weight is 278 g/mol. The Labute approximate surface area is 121 Å². The van der Waals surface area contributed by atoms with Crippen LogP contribution in [0.4, 0.5) is 11.4 Å². The maximum atomic E-state index is 11.9. The first-order chi connectivity index (χ1) is 9.38.